The summed E-state index contributed by atoms with van der Waals surface area (Å²) in [6.07, 6.45) is 1.82. The summed E-state index contributed by atoms with van der Waals surface area (Å²) in [5.41, 5.74) is 2.59. The number of hydrogen-bond donors (Lipinski definition) is 0. The summed E-state index contributed by atoms with van der Waals surface area (Å²) in [7, 11) is 3.95. The van der Waals surface area contributed by atoms with Gasteiger partial charge in [-0.2, -0.15) is 0 Å². The molecule has 0 saturated carbocycles. The zero-order chi connectivity index (χ0) is 17.3. The second-order valence-corrected chi connectivity index (χ2v) is 7.16. The van der Waals surface area contributed by atoms with Gasteiger partial charge in [-0.1, -0.05) is 36.1 Å². The lowest BCUT2D eigenvalue weighted by Gasteiger charge is -2.14. The van der Waals surface area contributed by atoms with Gasteiger partial charge in [0.2, 0.25) is 0 Å². The maximum atomic E-state index is 13.1. The van der Waals surface area contributed by atoms with Gasteiger partial charge >= 0.3 is 0 Å². The molecule has 0 aromatic heterocycles. The Labute approximate surface area is 149 Å². The monoisotopic (exact) mass is 358 g/mol. The summed E-state index contributed by atoms with van der Waals surface area (Å²) in [4.78, 5) is 16.6. The smallest absolute Gasteiger partial charge is 0.270 e. The number of carbonyl (C=O) groups is 1. The number of amides is 1. The number of rotatable bonds is 3. The van der Waals surface area contributed by atoms with Crippen molar-refractivity contribution in [1.29, 1.82) is 0 Å². The molecular formula is C18H15FN2OS2. The van der Waals surface area contributed by atoms with E-state index in [2.05, 4.69) is 0 Å². The fourth-order valence-electron chi connectivity index (χ4n) is 2.30. The number of thioether (sulfide) groups is 1. The molecule has 122 valence electrons. The van der Waals surface area contributed by atoms with Gasteiger partial charge in [0.1, 0.15) is 5.82 Å². The molecule has 1 fully saturated rings. The highest BCUT2D eigenvalue weighted by Crippen LogP contribution is 2.36. The molecule has 24 heavy (non-hydrogen) atoms. The van der Waals surface area contributed by atoms with Crippen molar-refractivity contribution in [3.63, 3.8) is 0 Å². The molecule has 1 amide bonds. The second kappa shape index (κ2) is 6.75. The SMILES string of the molecule is CN(C)c1ccc(C=C2SC(=S)N(c3ccc(F)cc3)C2=O)cc1. The van der Waals surface area contributed by atoms with E-state index in [1.165, 1.54) is 28.8 Å². The van der Waals surface area contributed by atoms with E-state index < -0.39 is 0 Å². The Kier molecular flexibility index (Phi) is 4.69. The largest absolute Gasteiger partial charge is 0.378 e. The zero-order valence-corrected chi connectivity index (χ0v) is 14.8. The van der Waals surface area contributed by atoms with E-state index in [1.807, 2.05) is 49.3 Å². The summed E-state index contributed by atoms with van der Waals surface area (Å²) in [5, 5.41) is 0. The summed E-state index contributed by atoms with van der Waals surface area (Å²) >= 11 is 6.56. The van der Waals surface area contributed by atoms with Gasteiger partial charge in [-0.25, -0.2) is 4.39 Å². The molecule has 0 unspecified atom stereocenters. The summed E-state index contributed by atoms with van der Waals surface area (Å²) in [6, 6.07) is 13.6. The molecule has 1 heterocycles. The lowest BCUT2D eigenvalue weighted by Crippen LogP contribution is -2.27. The van der Waals surface area contributed by atoms with Crippen molar-refractivity contribution in [1.82, 2.24) is 0 Å². The van der Waals surface area contributed by atoms with Crippen LogP contribution in [0.2, 0.25) is 0 Å². The van der Waals surface area contributed by atoms with Gasteiger partial charge in [-0.05, 0) is 48.0 Å². The molecule has 0 aliphatic carbocycles. The maximum Gasteiger partial charge on any atom is 0.270 e. The minimum Gasteiger partial charge on any atom is -0.378 e. The molecule has 2 aromatic carbocycles. The second-order valence-electron chi connectivity index (χ2n) is 5.48. The van der Waals surface area contributed by atoms with E-state index >= 15 is 0 Å². The molecule has 1 aliphatic rings. The molecular weight excluding hydrogens is 343 g/mol. The minimum absolute atomic E-state index is 0.187. The van der Waals surface area contributed by atoms with Crippen molar-refractivity contribution in [2.24, 2.45) is 0 Å². The van der Waals surface area contributed by atoms with Crippen LogP contribution < -0.4 is 9.80 Å². The Balaban J connectivity index is 1.86. The van der Waals surface area contributed by atoms with Crippen LogP contribution in [0, 0.1) is 5.82 Å². The van der Waals surface area contributed by atoms with Crippen LogP contribution >= 0.6 is 24.0 Å². The van der Waals surface area contributed by atoms with E-state index in [-0.39, 0.29) is 11.7 Å². The van der Waals surface area contributed by atoms with Crippen molar-refractivity contribution in [3.8, 4) is 0 Å². The Morgan fingerprint density at radius 1 is 1.08 bits per heavy atom. The first-order valence-electron chi connectivity index (χ1n) is 7.26. The van der Waals surface area contributed by atoms with Gasteiger partial charge < -0.3 is 4.90 Å². The standard InChI is InChI=1S/C18H15FN2OS2/c1-20(2)14-7-3-12(4-8-14)11-16-17(22)21(18(23)24-16)15-9-5-13(19)6-10-15/h3-11H,1-2H3. The van der Waals surface area contributed by atoms with E-state index in [0.29, 0.717) is 14.9 Å². The van der Waals surface area contributed by atoms with Crippen molar-refractivity contribution in [2.45, 2.75) is 0 Å². The van der Waals surface area contributed by atoms with E-state index in [0.717, 1.165) is 11.3 Å². The molecule has 1 aliphatic heterocycles. The van der Waals surface area contributed by atoms with E-state index in [9.17, 15) is 9.18 Å². The van der Waals surface area contributed by atoms with Crippen LogP contribution in [-0.4, -0.2) is 24.3 Å². The predicted octanol–water partition coefficient (Wildman–Crippen LogP) is 4.30. The fourth-order valence-corrected chi connectivity index (χ4v) is 3.60. The molecule has 6 heteroatoms. The van der Waals surface area contributed by atoms with Crippen LogP contribution in [0.3, 0.4) is 0 Å². The normalized spacial score (nSPS) is 16.1. The highest BCUT2D eigenvalue weighted by atomic mass is 32.2. The molecule has 2 aromatic rings. The van der Waals surface area contributed by atoms with Crippen LogP contribution in [0.25, 0.3) is 6.08 Å². The van der Waals surface area contributed by atoms with Crippen LogP contribution in [-0.2, 0) is 4.79 Å². The molecule has 0 atom stereocenters. The third kappa shape index (κ3) is 3.34. The van der Waals surface area contributed by atoms with Crippen LogP contribution in [0.4, 0.5) is 15.8 Å². The molecule has 0 bridgehead atoms. The van der Waals surface area contributed by atoms with Gasteiger partial charge in [-0.15, -0.1) is 0 Å². The van der Waals surface area contributed by atoms with Crippen molar-refractivity contribution in [3.05, 3.63) is 64.8 Å². The third-order valence-corrected chi connectivity index (χ3v) is 4.89. The number of anilines is 2. The van der Waals surface area contributed by atoms with Crippen LogP contribution in [0.5, 0.6) is 0 Å². The molecule has 3 nitrogen and oxygen atoms in total. The summed E-state index contributed by atoms with van der Waals surface area (Å²) in [6.45, 7) is 0. The minimum atomic E-state index is -0.347. The van der Waals surface area contributed by atoms with Gasteiger partial charge in [0, 0.05) is 19.8 Å². The van der Waals surface area contributed by atoms with Crippen LogP contribution in [0.15, 0.2) is 53.4 Å². The van der Waals surface area contributed by atoms with Crippen molar-refractivity contribution >= 4 is 51.7 Å². The molecule has 1 saturated heterocycles. The van der Waals surface area contributed by atoms with E-state index in [4.69, 9.17) is 12.2 Å². The highest BCUT2D eigenvalue weighted by Gasteiger charge is 2.33. The van der Waals surface area contributed by atoms with Crippen molar-refractivity contribution in [2.75, 3.05) is 23.9 Å². The quantitative estimate of drug-likeness (QED) is 0.603. The zero-order valence-electron chi connectivity index (χ0n) is 13.2. The number of nitrogens with zero attached hydrogens (tertiary/aromatic N) is 2. The fraction of sp³-hybridized carbons (Fsp3) is 0.111. The first kappa shape index (κ1) is 16.7. The molecule has 0 spiro atoms. The van der Waals surface area contributed by atoms with Crippen LogP contribution in [0.1, 0.15) is 5.56 Å². The lowest BCUT2D eigenvalue weighted by molar-refractivity contribution is -0.113. The van der Waals surface area contributed by atoms with Gasteiger partial charge in [-0.3, -0.25) is 9.69 Å². The Hall–Kier alpha value is -2.18. The third-order valence-electron chi connectivity index (χ3n) is 3.59. The van der Waals surface area contributed by atoms with Gasteiger partial charge in [0.05, 0.1) is 10.6 Å². The number of benzene rings is 2. The van der Waals surface area contributed by atoms with Crippen molar-refractivity contribution < 1.29 is 9.18 Å². The molecule has 0 N–H and O–H groups in total. The predicted molar refractivity (Wildman–Crippen MR) is 103 cm³/mol. The average Bonchev–Trinajstić information content (AvgIpc) is 2.83. The van der Waals surface area contributed by atoms with Gasteiger partial charge in [0.25, 0.3) is 5.91 Å². The molecule has 3 rings (SSSR count). The summed E-state index contributed by atoms with van der Waals surface area (Å²) < 4.78 is 13.5. The number of hydrogen-bond acceptors (Lipinski definition) is 4. The number of thiocarbonyl (C=S) groups is 1. The molecule has 0 radical (unpaired) electrons. The van der Waals surface area contributed by atoms with Gasteiger partial charge in [0.15, 0.2) is 4.32 Å². The highest BCUT2D eigenvalue weighted by molar-refractivity contribution is 8.27. The first-order valence-corrected chi connectivity index (χ1v) is 8.49. The first-order chi connectivity index (χ1) is 11.5. The summed E-state index contributed by atoms with van der Waals surface area (Å²) in [5.74, 6) is -0.533. The Morgan fingerprint density at radius 2 is 1.71 bits per heavy atom. The number of carbonyl (C=O) groups excluding carboxylic acids is 1. The topological polar surface area (TPSA) is 23.6 Å². The Bertz CT molecular complexity index is 814. The maximum absolute atomic E-state index is 13.1. The van der Waals surface area contributed by atoms with E-state index in [1.54, 1.807) is 12.1 Å². The Morgan fingerprint density at radius 3 is 2.29 bits per heavy atom. The lowest BCUT2D eigenvalue weighted by atomic mass is 10.2. The average molecular weight is 358 g/mol. The number of halogens is 1.